The Morgan fingerprint density at radius 3 is 2.56 bits per heavy atom. The summed E-state index contributed by atoms with van der Waals surface area (Å²) >= 11 is 0. The number of carbonyl (C=O) groups excluding carboxylic acids is 1. The van der Waals surface area contributed by atoms with Crippen LogP contribution in [-0.4, -0.2) is 46.6 Å². The van der Waals surface area contributed by atoms with Crippen molar-refractivity contribution in [2.24, 2.45) is 0 Å². The molecule has 5 N–H and O–H groups in total. The van der Waals surface area contributed by atoms with Crippen molar-refractivity contribution >= 4 is 28.9 Å². The van der Waals surface area contributed by atoms with Gasteiger partial charge in [0.05, 0.1) is 23.6 Å². The van der Waals surface area contributed by atoms with Crippen LogP contribution in [0.25, 0.3) is 0 Å². The normalized spacial score (nSPS) is 11.9. The van der Waals surface area contributed by atoms with Crippen molar-refractivity contribution in [3.05, 3.63) is 84.5 Å². The van der Waals surface area contributed by atoms with Crippen molar-refractivity contribution < 1.29 is 24.2 Å². The first-order valence-electron chi connectivity index (χ1n) is 11.3. The maximum Gasteiger partial charge on any atom is 0.305 e. The number of aromatic nitrogens is 1. The minimum absolute atomic E-state index is 0.0751. The molecule has 2 heterocycles. The van der Waals surface area contributed by atoms with Crippen molar-refractivity contribution in [1.82, 2.24) is 9.88 Å². The highest BCUT2D eigenvalue weighted by Gasteiger charge is 2.16. The Morgan fingerprint density at radius 1 is 1.06 bits per heavy atom. The number of rotatable bonds is 10. The van der Waals surface area contributed by atoms with Crippen LogP contribution in [0.1, 0.15) is 22.5 Å². The number of carbonyl (C=O) groups is 2. The van der Waals surface area contributed by atoms with E-state index in [1.54, 1.807) is 47.5 Å². The summed E-state index contributed by atoms with van der Waals surface area (Å²) in [5.41, 5.74) is 8.59. The van der Waals surface area contributed by atoms with Crippen LogP contribution in [0.3, 0.4) is 0 Å². The fraction of sp³-hybridized carbons (Fsp3) is 0.192. The monoisotopic (exact) mass is 489 g/mol. The minimum Gasteiger partial charge on any atom is -0.486 e. The van der Waals surface area contributed by atoms with Crippen LogP contribution in [0.15, 0.2) is 73.2 Å². The lowest BCUT2D eigenvalue weighted by Gasteiger charge is -2.27. The molecule has 3 aromatic rings. The molecule has 0 radical (unpaired) electrons. The third-order valence-electron chi connectivity index (χ3n) is 5.45. The van der Waals surface area contributed by atoms with Crippen LogP contribution in [0.2, 0.25) is 0 Å². The molecule has 0 saturated heterocycles. The number of pyridine rings is 1. The van der Waals surface area contributed by atoms with Crippen LogP contribution in [0.5, 0.6) is 11.5 Å². The van der Waals surface area contributed by atoms with Crippen molar-refractivity contribution in [3.63, 3.8) is 0 Å². The number of para-hydroxylation sites is 2. The fourth-order valence-corrected chi connectivity index (χ4v) is 3.58. The van der Waals surface area contributed by atoms with Gasteiger partial charge in [0.15, 0.2) is 11.5 Å². The highest BCUT2D eigenvalue weighted by molar-refractivity contribution is 6.04. The maximum atomic E-state index is 12.5. The third kappa shape index (κ3) is 6.23. The van der Waals surface area contributed by atoms with Crippen LogP contribution in [0, 0.1) is 0 Å². The zero-order valence-electron chi connectivity index (χ0n) is 19.6. The number of nitrogens with one attached hydrogen (secondary N) is 2. The van der Waals surface area contributed by atoms with Gasteiger partial charge in [0, 0.05) is 31.0 Å². The SMILES string of the molecule is C=C(Nc1ccc2c(c1)OCCO2)N(CCC(=O)O)Cc1ccc(C(=O)Nc2ccccc2N)nc1. The molecule has 0 fully saturated rings. The van der Waals surface area contributed by atoms with Gasteiger partial charge in [0.2, 0.25) is 0 Å². The van der Waals surface area contributed by atoms with Gasteiger partial charge >= 0.3 is 5.97 Å². The first kappa shape index (κ1) is 24.4. The van der Waals surface area contributed by atoms with Gasteiger partial charge < -0.3 is 35.8 Å². The van der Waals surface area contributed by atoms with Gasteiger partial charge in [-0.3, -0.25) is 14.6 Å². The lowest BCUT2D eigenvalue weighted by atomic mass is 10.2. The molecular weight excluding hydrogens is 462 g/mol. The smallest absolute Gasteiger partial charge is 0.305 e. The molecule has 186 valence electrons. The van der Waals surface area contributed by atoms with Crippen LogP contribution < -0.4 is 25.8 Å². The summed E-state index contributed by atoms with van der Waals surface area (Å²) < 4.78 is 11.2. The number of ether oxygens (including phenoxy) is 2. The van der Waals surface area contributed by atoms with E-state index in [0.29, 0.717) is 48.5 Å². The van der Waals surface area contributed by atoms with E-state index in [9.17, 15) is 14.7 Å². The summed E-state index contributed by atoms with van der Waals surface area (Å²) in [7, 11) is 0. The summed E-state index contributed by atoms with van der Waals surface area (Å²) in [5, 5.41) is 15.1. The van der Waals surface area contributed by atoms with Gasteiger partial charge in [-0.25, -0.2) is 0 Å². The molecule has 1 amide bonds. The Bertz CT molecular complexity index is 1260. The first-order valence-corrected chi connectivity index (χ1v) is 11.3. The molecular formula is C26H27N5O5. The van der Waals surface area contributed by atoms with E-state index in [0.717, 1.165) is 11.3 Å². The highest BCUT2D eigenvalue weighted by Crippen LogP contribution is 2.33. The van der Waals surface area contributed by atoms with E-state index in [1.165, 1.54) is 0 Å². The zero-order valence-corrected chi connectivity index (χ0v) is 19.6. The number of benzene rings is 2. The van der Waals surface area contributed by atoms with E-state index in [-0.39, 0.29) is 24.6 Å². The van der Waals surface area contributed by atoms with Gasteiger partial charge in [-0.15, -0.1) is 0 Å². The fourth-order valence-electron chi connectivity index (χ4n) is 3.58. The summed E-state index contributed by atoms with van der Waals surface area (Å²) in [6.45, 7) is 5.63. The molecule has 0 spiro atoms. The molecule has 2 aromatic carbocycles. The molecule has 10 heteroatoms. The Labute approximate surface area is 208 Å². The van der Waals surface area contributed by atoms with Crippen molar-refractivity contribution in [2.45, 2.75) is 13.0 Å². The van der Waals surface area contributed by atoms with E-state index in [1.807, 2.05) is 18.2 Å². The average Bonchev–Trinajstić information content (AvgIpc) is 2.88. The van der Waals surface area contributed by atoms with E-state index < -0.39 is 5.97 Å². The van der Waals surface area contributed by atoms with Crippen molar-refractivity contribution in [3.8, 4) is 11.5 Å². The van der Waals surface area contributed by atoms with Crippen molar-refractivity contribution in [2.75, 3.05) is 36.1 Å². The molecule has 0 saturated carbocycles. The quantitative estimate of drug-likeness (QED) is 0.315. The van der Waals surface area contributed by atoms with Crippen LogP contribution in [0.4, 0.5) is 17.1 Å². The third-order valence-corrected chi connectivity index (χ3v) is 5.45. The summed E-state index contributed by atoms with van der Waals surface area (Å²) in [6.07, 6.45) is 1.50. The Hall–Kier alpha value is -4.73. The van der Waals surface area contributed by atoms with Gasteiger partial charge in [-0.05, 0) is 35.9 Å². The topological polar surface area (TPSA) is 139 Å². The zero-order chi connectivity index (χ0) is 25.5. The van der Waals surface area contributed by atoms with Gasteiger partial charge in [-0.1, -0.05) is 24.8 Å². The number of fused-ring (bicyclic) bond motifs is 1. The van der Waals surface area contributed by atoms with Crippen LogP contribution >= 0.6 is 0 Å². The van der Waals surface area contributed by atoms with Gasteiger partial charge in [0.1, 0.15) is 18.9 Å². The number of amides is 1. The lowest BCUT2D eigenvalue weighted by Crippen LogP contribution is -2.29. The molecule has 0 bridgehead atoms. The molecule has 1 aliphatic heterocycles. The molecule has 0 unspecified atom stereocenters. The van der Waals surface area contributed by atoms with E-state index in [2.05, 4.69) is 22.2 Å². The number of hydrogen-bond acceptors (Lipinski definition) is 8. The second kappa shape index (κ2) is 11.1. The van der Waals surface area contributed by atoms with Gasteiger partial charge in [-0.2, -0.15) is 0 Å². The molecule has 1 aromatic heterocycles. The first-order chi connectivity index (χ1) is 17.4. The number of carboxylic acids is 1. The molecule has 4 rings (SSSR count). The van der Waals surface area contributed by atoms with Gasteiger partial charge in [0.25, 0.3) is 5.91 Å². The number of nitrogen functional groups attached to an aromatic ring is 1. The number of nitrogens with two attached hydrogens (primary N) is 1. The summed E-state index contributed by atoms with van der Waals surface area (Å²) in [4.78, 5) is 29.8. The second-order valence-corrected chi connectivity index (χ2v) is 8.09. The number of nitrogens with zero attached hydrogens (tertiary/aromatic N) is 2. The molecule has 0 aliphatic carbocycles. The predicted octanol–water partition coefficient (Wildman–Crippen LogP) is 3.55. The Kier molecular flexibility index (Phi) is 7.54. The van der Waals surface area contributed by atoms with E-state index in [4.69, 9.17) is 15.2 Å². The maximum absolute atomic E-state index is 12.5. The highest BCUT2D eigenvalue weighted by atomic mass is 16.6. The molecule has 10 nitrogen and oxygen atoms in total. The molecule has 0 atom stereocenters. The average molecular weight is 490 g/mol. The van der Waals surface area contributed by atoms with E-state index >= 15 is 0 Å². The molecule has 36 heavy (non-hydrogen) atoms. The number of carboxylic acid groups (broad SMARTS) is 1. The minimum atomic E-state index is -0.919. The summed E-state index contributed by atoms with van der Waals surface area (Å²) in [5.74, 6) is 0.510. The predicted molar refractivity (Wildman–Crippen MR) is 136 cm³/mol. The van der Waals surface area contributed by atoms with Crippen molar-refractivity contribution in [1.29, 1.82) is 0 Å². The number of hydrogen-bond donors (Lipinski definition) is 4. The Morgan fingerprint density at radius 2 is 1.83 bits per heavy atom. The largest absolute Gasteiger partial charge is 0.486 e. The molecule has 1 aliphatic rings. The summed E-state index contributed by atoms with van der Waals surface area (Å²) in [6, 6.07) is 15.8. The standard InChI is InChI=1S/C26H27N5O5/c1-17(29-19-7-9-23-24(14-19)36-13-12-35-23)31(11-10-25(32)33)16-18-6-8-22(28-15-18)26(34)30-21-5-3-2-4-20(21)27/h2-9,14-15,29H,1,10-13,16,27H2,(H,30,34)(H,32,33). The van der Waals surface area contributed by atoms with Crippen LogP contribution in [-0.2, 0) is 11.3 Å². The second-order valence-electron chi connectivity index (χ2n) is 8.09. The number of anilines is 3. The Balaban J connectivity index is 1.43. The lowest BCUT2D eigenvalue weighted by molar-refractivity contribution is -0.137. The number of aliphatic carboxylic acids is 1.